The SMILES string of the molecule is CC(CBr)(CBr)NC(=O)Cc1noc2ccccc12. The van der Waals surface area contributed by atoms with Crippen LogP contribution in [0.1, 0.15) is 12.6 Å². The number of fused-ring (bicyclic) bond motifs is 1. The van der Waals surface area contributed by atoms with Crippen LogP contribution in [0.5, 0.6) is 0 Å². The number of alkyl halides is 2. The number of nitrogens with zero attached hydrogens (tertiary/aromatic N) is 1. The third-order valence-corrected chi connectivity index (χ3v) is 5.29. The van der Waals surface area contributed by atoms with E-state index in [9.17, 15) is 4.79 Å². The Morgan fingerprint density at radius 1 is 1.37 bits per heavy atom. The molecule has 2 aromatic rings. The molecule has 1 amide bonds. The second-order valence-corrected chi connectivity index (χ2v) is 5.80. The van der Waals surface area contributed by atoms with Crippen molar-refractivity contribution in [2.45, 2.75) is 18.9 Å². The molecule has 1 aromatic carbocycles. The van der Waals surface area contributed by atoms with Gasteiger partial charge in [-0.3, -0.25) is 4.79 Å². The van der Waals surface area contributed by atoms with Gasteiger partial charge in [0.25, 0.3) is 0 Å². The third-order valence-electron chi connectivity index (χ3n) is 2.81. The summed E-state index contributed by atoms with van der Waals surface area (Å²) in [6, 6.07) is 7.53. The first-order valence-electron chi connectivity index (χ1n) is 5.84. The van der Waals surface area contributed by atoms with Crippen LogP contribution in [0.15, 0.2) is 28.8 Å². The minimum atomic E-state index is -0.309. The summed E-state index contributed by atoms with van der Waals surface area (Å²) in [5.74, 6) is -0.0690. The highest BCUT2D eigenvalue weighted by molar-refractivity contribution is 9.09. The van der Waals surface area contributed by atoms with Crippen molar-refractivity contribution in [2.24, 2.45) is 0 Å². The molecule has 0 unspecified atom stereocenters. The summed E-state index contributed by atoms with van der Waals surface area (Å²) in [4.78, 5) is 12.1. The predicted molar refractivity (Wildman–Crippen MR) is 81.8 cm³/mol. The summed E-state index contributed by atoms with van der Waals surface area (Å²) in [6.45, 7) is 1.97. The summed E-state index contributed by atoms with van der Waals surface area (Å²) in [5, 5.41) is 9.18. The molecule has 0 bridgehead atoms. The average molecular weight is 390 g/mol. The van der Waals surface area contributed by atoms with E-state index in [1.165, 1.54) is 0 Å². The summed E-state index contributed by atoms with van der Waals surface area (Å²) in [6.07, 6.45) is 0.215. The quantitative estimate of drug-likeness (QED) is 0.799. The maximum Gasteiger partial charge on any atom is 0.226 e. The number of benzene rings is 1. The second kappa shape index (κ2) is 6.05. The van der Waals surface area contributed by atoms with Crippen molar-refractivity contribution in [3.05, 3.63) is 30.0 Å². The topological polar surface area (TPSA) is 55.1 Å². The Bertz CT molecular complexity index is 579. The molecule has 2 rings (SSSR count). The lowest BCUT2D eigenvalue weighted by atomic mass is 10.1. The van der Waals surface area contributed by atoms with Gasteiger partial charge in [-0.25, -0.2) is 0 Å². The van der Waals surface area contributed by atoms with Gasteiger partial charge in [-0.2, -0.15) is 0 Å². The van der Waals surface area contributed by atoms with E-state index >= 15 is 0 Å². The van der Waals surface area contributed by atoms with E-state index in [2.05, 4.69) is 42.3 Å². The van der Waals surface area contributed by atoms with E-state index in [1.54, 1.807) is 0 Å². The van der Waals surface area contributed by atoms with Crippen LogP contribution in [0.3, 0.4) is 0 Å². The molecule has 0 aliphatic carbocycles. The highest BCUT2D eigenvalue weighted by Crippen LogP contribution is 2.18. The lowest BCUT2D eigenvalue weighted by Gasteiger charge is -2.26. The molecule has 0 saturated carbocycles. The highest BCUT2D eigenvalue weighted by atomic mass is 79.9. The molecule has 0 atom stereocenters. The maximum absolute atomic E-state index is 12.1. The van der Waals surface area contributed by atoms with Gasteiger partial charge in [0.05, 0.1) is 12.0 Å². The summed E-state index contributed by atoms with van der Waals surface area (Å²) < 4.78 is 5.18. The molecule has 19 heavy (non-hydrogen) atoms. The fourth-order valence-electron chi connectivity index (χ4n) is 1.70. The van der Waals surface area contributed by atoms with Gasteiger partial charge in [-0.1, -0.05) is 49.1 Å². The third kappa shape index (κ3) is 3.36. The molecular formula is C13H14Br2N2O2. The number of rotatable bonds is 5. The molecular weight excluding hydrogens is 376 g/mol. The van der Waals surface area contributed by atoms with Gasteiger partial charge in [-0.05, 0) is 19.1 Å². The first-order chi connectivity index (χ1) is 9.08. The van der Waals surface area contributed by atoms with Crippen LogP contribution >= 0.6 is 31.9 Å². The van der Waals surface area contributed by atoms with Crippen LogP contribution in [0.25, 0.3) is 11.0 Å². The Labute approximate surface area is 128 Å². The Morgan fingerprint density at radius 3 is 2.74 bits per heavy atom. The number of carbonyl (C=O) groups is 1. The minimum Gasteiger partial charge on any atom is -0.356 e. The number of carbonyl (C=O) groups excluding carboxylic acids is 1. The number of hydrogen-bond acceptors (Lipinski definition) is 3. The molecule has 0 fully saturated rings. The molecule has 1 N–H and O–H groups in total. The Morgan fingerprint density at radius 2 is 2.05 bits per heavy atom. The lowest BCUT2D eigenvalue weighted by molar-refractivity contribution is -0.121. The van der Waals surface area contributed by atoms with Crippen molar-refractivity contribution in [3.8, 4) is 0 Å². The maximum atomic E-state index is 12.1. The van der Waals surface area contributed by atoms with Gasteiger partial charge >= 0.3 is 0 Å². The number of nitrogens with one attached hydrogen (secondary N) is 1. The molecule has 4 nitrogen and oxygen atoms in total. The zero-order valence-corrected chi connectivity index (χ0v) is 13.6. The largest absolute Gasteiger partial charge is 0.356 e. The molecule has 0 spiro atoms. The van der Waals surface area contributed by atoms with E-state index in [0.717, 1.165) is 5.39 Å². The van der Waals surface area contributed by atoms with Gasteiger partial charge in [0.15, 0.2) is 5.58 Å². The Balaban J connectivity index is 2.11. The number of para-hydroxylation sites is 1. The first kappa shape index (κ1) is 14.5. The van der Waals surface area contributed by atoms with E-state index < -0.39 is 0 Å². The van der Waals surface area contributed by atoms with Crippen LogP contribution in [-0.4, -0.2) is 27.3 Å². The van der Waals surface area contributed by atoms with E-state index in [0.29, 0.717) is 21.9 Å². The monoisotopic (exact) mass is 388 g/mol. The number of hydrogen-bond donors (Lipinski definition) is 1. The van der Waals surface area contributed by atoms with Crippen LogP contribution in [0, 0.1) is 0 Å². The summed E-state index contributed by atoms with van der Waals surface area (Å²) in [5.41, 5.74) is 1.06. The van der Waals surface area contributed by atoms with Crippen LogP contribution < -0.4 is 5.32 Å². The zero-order chi connectivity index (χ0) is 13.9. The van der Waals surface area contributed by atoms with Crippen LogP contribution in [-0.2, 0) is 11.2 Å². The summed E-state index contributed by atoms with van der Waals surface area (Å²) >= 11 is 6.80. The standard InChI is InChI=1S/C13H14Br2N2O2/c1-13(7-14,8-15)16-12(18)6-10-9-4-2-3-5-11(9)19-17-10/h2-5H,6-8H2,1H3,(H,16,18). The van der Waals surface area contributed by atoms with Crippen molar-refractivity contribution in [1.29, 1.82) is 0 Å². The average Bonchev–Trinajstić information content (AvgIpc) is 2.82. The van der Waals surface area contributed by atoms with E-state index in [4.69, 9.17) is 4.52 Å². The van der Waals surface area contributed by atoms with Crippen molar-refractivity contribution in [1.82, 2.24) is 10.5 Å². The van der Waals surface area contributed by atoms with Crippen molar-refractivity contribution >= 4 is 48.7 Å². The smallest absolute Gasteiger partial charge is 0.226 e. The summed E-state index contributed by atoms with van der Waals surface area (Å²) in [7, 11) is 0. The molecule has 102 valence electrons. The van der Waals surface area contributed by atoms with Crippen molar-refractivity contribution < 1.29 is 9.32 Å². The predicted octanol–water partition coefficient (Wildman–Crippen LogP) is 3.04. The van der Waals surface area contributed by atoms with Gasteiger partial charge < -0.3 is 9.84 Å². The molecule has 0 saturated heterocycles. The number of halogens is 2. The van der Waals surface area contributed by atoms with Gasteiger partial charge in [0.1, 0.15) is 5.69 Å². The van der Waals surface area contributed by atoms with Crippen molar-refractivity contribution in [2.75, 3.05) is 10.7 Å². The molecule has 1 heterocycles. The van der Waals surface area contributed by atoms with E-state index in [-0.39, 0.29) is 17.9 Å². The van der Waals surface area contributed by atoms with E-state index in [1.807, 2.05) is 31.2 Å². The molecule has 0 aliphatic rings. The van der Waals surface area contributed by atoms with Crippen LogP contribution in [0.2, 0.25) is 0 Å². The molecule has 0 radical (unpaired) electrons. The molecule has 1 aromatic heterocycles. The van der Waals surface area contributed by atoms with Crippen LogP contribution in [0.4, 0.5) is 0 Å². The second-order valence-electron chi connectivity index (χ2n) is 4.68. The van der Waals surface area contributed by atoms with Crippen molar-refractivity contribution in [3.63, 3.8) is 0 Å². The normalized spacial score (nSPS) is 11.7. The number of aromatic nitrogens is 1. The highest BCUT2D eigenvalue weighted by Gasteiger charge is 2.24. The van der Waals surface area contributed by atoms with Gasteiger partial charge in [0, 0.05) is 16.0 Å². The first-order valence-corrected chi connectivity index (χ1v) is 8.08. The Kier molecular flexibility index (Phi) is 4.62. The minimum absolute atomic E-state index is 0.0690. The van der Waals surface area contributed by atoms with Gasteiger partial charge in [-0.15, -0.1) is 0 Å². The fourth-order valence-corrected chi connectivity index (χ4v) is 2.91. The zero-order valence-electron chi connectivity index (χ0n) is 10.5. The number of amides is 1. The fraction of sp³-hybridized carbons (Fsp3) is 0.385. The lowest BCUT2D eigenvalue weighted by Crippen LogP contribution is -2.49. The molecule has 0 aliphatic heterocycles. The molecule has 6 heteroatoms. The Hall–Kier alpha value is -0.880. The van der Waals surface area contributed by atoms with Gasteiger partial charge in [0.2, 0.25) is 5.91 Å².